The number of benzene rings is 1. The van der Waals surface area contributed by atoms with E-state index in [4.69, 9.17) is 0 Å². The van der Waals surface area contributed by atoms with Gasteiger partial charge in [-0.2, -0.15) is 0 Å². The molecule has 0 saturated carbocycles. The van der Waals surface area contributed by atoms with Crippen LogP contribution < -0.4 is 5.32 Å². The van der Waals surface area contributed by atoms with Crippen LogP contribution in [0.2, 0.25) is 0 Å². The van der Waals surface area contributed by atoms with Crippen LogP contribution >= 0.6 is 15.9 Å². The van der Waals surface area contributed by atoms with Gasteiger partial charge < -0.3 is 5.32 Å². The van der Waals surface area contributed by atoms with E-state index in [0.717, 1.165) is 18.6 Å². The minimum atomic E-state index is -0.461. The standard InChI is InChI=1S/C10H12BrF2N/c1-3-6(2)14-10-5-8(12)7(11)4-9(10)13/h4-6,14H,3H2,1-2H3. The Hall–Kier alpha value is -0.640. The van der Waals surface area contributed by atoms with Crippen molar-refractivity contribution in [2.24, 2.45) is 0 Å². The van der Waals surface area contributed by atoms with Gasteiger partial charge in [-0.25, -0.2) is 8.78 Å². The predicted molar refractivity (Wildman–Crippen MR) is 57.4 cm³/mol. The summed E-state index contributed by atoms with van der Waals surface area (Å²) in [5, 5.41) is 2.89. The molecule has 1 aromatic rings. The summed E-state index contributed by atoms with van der Waals surface area (Å²) in [4.78, 5) is 0. The minimum absolute atomic E-state index is 0.130. The average molecular weight is 264 g/mol. The first-order chi connectivity index (χ1) is 6.54. The molecule has 0 heterocycles. The predicted octanol–water partition coefficient (Wildman–Crippen LogP) is 3.94. The van der Waals surface area contributed by atoms with Crippen LogP contribution in [0.5, 0.6) is 0 Å². The van der Waals surface area contributed by atoms with Gasteiger partial charge in [0.2, 0.25) is 0 Å². The van der Waals surface area contributed by atoms with Crippen LogP contribution in [-0.2, 0) is 0 Å². The van der Waals surface area contributed by atoms with Crippen molar-refractivity contribution in [2.75, 3.05) is 5.32 Å². The van der Waals surface area contributed by atoms with Crippen molar-refractivity contribution in [3.8, 4) is 0 Å². The van der Waals surface area contributed by atoms with Gasteiger partial charge in [-0.3, -0.25) is 0 Å². The molecule has 0 aromatic heterocycles. The van der Waals surface area contributed by atoms with Crippen LogP contribution in [0.1, 0.15) is 20.3 Å². The highest BCUT2D eigenvalue weighted by Gasteiger charge is 2.09. The maximum absolute atomic E-state index is 13.3. The molecular weight excluding hydrogens is 252 g/mol. The maximum Gasteiger partial charge on any atom is 0.147 e. The maximum atomic E-state index is 13.3. The van der Waals surface area contributed by atoms with Crippen molar-refractivity contribution < 1.29 is 8.78 Å². The lowest BCUT2D eigenvalue weighted by Crippen LogP contribution is -2.14. The molecule has 0 fully saturated rings. The van der Waals surface area contributed by atoms with Gasteiger partial charge in [0, 0.05) is 12.1 Å². The van der Waals surface area contributed by atoms with E-state index in [1.165, 1.54) is 0 Å². The Kier molecular flexibility index (Phi) is 3.86. The molecule has 1 atom stereocenters. The normalized spacial score (nSPS) is 12.6. The molecular formula is C10H12BrF2N. The van der Waals surface area contributed by atoms with Gasteiger partial charge in [-0.1, -0.05) is 6.92 Å². The topological polar surface area (TPSA) is 12.0 Å². The minimum Gasteiger partial charge on any atom is -0.380 e. The van der Waals surface area contributed by atoms with Gasteiger partial charge in [-0.05, 0) is 35.3 Å². The van der Waals surface area contributed by atoms with E-state index >= 15 is 0 Å². The zero-order chi connectivity index (χ0) is 10.7. The highest BCUT2D eigenvalue weighted by Crippen LogP contribution is 2.23. The van der Waals surface area contributed by atoms with Crippen LogP contribution in [0.3, 0.4) is 0 Å². The van der Waals surface area contributed by atoms with E-state index in [9.17, 15) is 8.78 Å². The summed E-state index contributed by atoms with van der Waals surface area (Å²) in [6.45, 7) is 3.89. The average Bonchev–Trinajstić information content (AvgIpc) is 2.14. The summed E-state index contributed by atoms with van der Waals surface area (Å²) in [5.41, 5.74) is 0.208. The fourth-order valence-electron chi connectivity index (χ4n) is 1.00. The van der Waals surface area contributed by atoms with E-state index in [2.05, 4.69) is 21.2 Å². The molecule has 0 spiro atoms. The highest BCUT2D eigenvalue weighted by molar-refractivity contribution is 9.10. The zero-order valence-corrected chi connectivity index (χ0v) is 9.66. The van der Waals surface area contributed by atoms with Gasteiger partial charge in [0.15, 0.2) is 0 Å². The lowest BCUT2D eigenvalue weighted by atomic mass is 10.2. The van der Waals surface area contributed by atoms with Gasteiger partial charge >= 0.3 is 0 Å². The van der Waals surface area contributed by atoms with Gasteiger partial charge in [0.25, 0.3) is 0 Å². The molecule has 1 unspecified atom stereocenters. The van der Waals surface area contributed by atoms with Gasteiger partial charge in [0.1, 0.15) is 11.6 Å². The summed E-state index contributed by atoms with van der Waals surface area (Å²) in [6, 6.07) is 2.41. The first-order valence-electron chi connectivity index (χ1n) is 4.45. The fraction of sp³-hybridized carbons (Fsp3) is 0.400. The van der Waals surface area contributed by atoms with Crippen LogP contribution in [0.15, 0.2) is 16.6 Å². The highest BCUT2D eigenvalue weighted by atomic mass is 79.9. The molecule has 4 heteroatoms. The third kappa shape index (κ3) is 2.67. The summed E-state index contributed by atoms with van der Waals surface area (Å²) in [7, 11) is 0. The Bertz CT molecular complexity index is 328. The van der Waals surface area contributed by atoms with Crippen molar-refractivity contribution in [3.63, 3.8) is 0 Å². The third-order valence-corrected chi connectivity index (χ3v) is 2.63. The van der Waals surface area contributed by atoms with E-state index in [0.29, 0.717) is 0 Å². The molecule has 0 radical (unpaired) electrons. The van der Waals surface area contributed by atoms with E-state index in [1.54, 1.807) is 0 Å². The fourth-order valence-corrected chi connectivity index (χ4v) is 1.32. The zero-order valence-electron chi connectivity index (χ0n) is 8.07. The molecule has 78 valence electrons. The number of hydrogen-bond acceptors (Lipinski definition) is 1. The van der Waals surface area contributed by atoms with Crippen molar-refractivity contribution >= 4 is 21.6 Å². The SMILES string of the molecule is CCC(C)Nc1cc(F)c(Br)cc1F. The second kappa shape index (κ2) is 4.73. The second-order valence-electron chi connectivity index (χ2n) is 3.20. The first kappa shape index (κ1) is 11.4. The van der Waals surface area contributed by atoms with Crippen molar-refractivity contribution in [2.45, 2.75) is 26.3 Å². The number of anilines is 1. The van der Waals surface area contributed by atoms with Crippen molar-refractivity contribution in [1.82, 2.24) is 0 Å². The number of halogens is 3. The first-order valence-corrected chi connectivity index (χ1v) is 5.25. The van der Waals surface area contributed by atoms with Crippen LogP contribution in [0.4, 0.5) is 14.5 Å². The second-order valence-corrected chi connectivity index (χ2v) is 4.05. The molecule has 0 amide bonds. The Labute approximate surface area is 90.6 Å². The van der Waals surface area contributed by atoms with Crippen LogP contribution in [0, 0.1) is 11.6 Å². The largest absolute Gasteiger partial charge is 0.380 e. The Balaban J connectivity index is 2.92. The molecule has 1 nitrogen and oxygen atoms in total. The molecule has 1 aromatic carbocycles. The summed E-state index contributed by atoms with van der Waals surface area (Å²) < 4.78 is 26.5. The molecule has 1 N–H and O–H groups in total. The third-order valence-electron chi connectivity index (χ3n) is 2.02. The Morgan fingerprint density at radius 1 is 1.36 bits per heavy atom. The van der Waals surface area contributed by atoms with Gasteiger partial charge in [0.05, 0.1) is 10.2 Å². The lowest BCUT2D eigenvalue weighted by molar-refractivity contribution is 0.593. The quantitative estimate of drug-likeness (QED) is 0.815. The lowest BCUT2D eigenvalue weighted by Gasteiger charge is -2.13. The monoisotopic (exact) mass is 263 g/mol. The summed E-state index contributed by atoms with van der Waals surface area (Å²) in [6.07, 6.45) is 0.858. The van der Waals surface area contributed by atoms with Crippen molar-refractivity contribution in [1.29, 1.82) is 0 Å². The van der Waals surface area contributed by atoms with E-state index < -0.39 is 11.6 Å². The Morgan fingerprint density at radius 3 is 2.57 bits per heavy atom. The molecule has 0 saturated heterocycles. The van der Waals surface area contributed by atoms with Crippen LogP contribution in [0.25, 0.3) is 0 Å². The number of rotatable bonds is 3. The molecule has 1 rings (SSSR count). The molecule has 0 aliphatic rings. The van der Waals surface area contributed by atoms with Crippen LogP contribution in [-0.4, -0.2) is 6.04 Å². The molecule has 14 heavy (non-hydrogen) atoms. The summed E-state index contributed by atoms with van der Waals surface area (Å²) in [5.74, 6) is -0.907. The summed E-state index contributed by atoms with van der Waals surface area (Å²) >= 11 is 2.92. The van der Waals surface area contributed by atoms with E-state index in [-0.39, 0.29) is 16.2 Å². The number of nitrogens with one attached hydrogen (secondary N) is 1. The molecule has 0 aliphatic heterocycles. The Morgan fingerprint density at radius 2 is 2.00 bits per heavy atom. The van der Waals surface area contributed by atoms with Crippen molar-refractivity contribution in [3.05, 3.63) is 28.2 Å². The molecule has 0 bridgehead atoms. The smallest absolute Gasteiger partial charge is 0.147 e. The van der Waals surface area contributed by atoms with Gasteiger partial charge in [-0.15, -0.1) is 0 Å². The van der Waals surface area contributed by atoms with E-state index in [1.807, 2.05) is 13.8 Å². The number of hydrogen-bond donors (Lipinski definition) is 1. The molecule has 0 aliphatic carbocycles.